The van der Waals surface area contributed by atoms with E-state index in [1.165, 1.54) is 0 Å². The van der Waals surface area contributed by atoms with E-state index >= 15 is 0 Å². The lowest BCUT2D eigenvalue weighted by Crippen LogP contribution is -2.41. The molecule has 0 aromatic heterocycles. The van der Waals surface area contributed by atoms with Gasteiger partial charge in [0.1, 0.15) is 0 Å². The maximum Gasteiger partial charge on any atom is 0.489 e. The third-order valence-corrected chi connectivity index (χ3v) is 7.28. The highest BCUT2D eigenvalue weighted by atomic mass is 16.7. The van der Waals surface area contributed by atoms with Crippen LogP contribution in [0.4, 0.5) is 0 Å². The van der Waals surface area contributed by atoms with Crippen molar-refractivity contribution in [2.24, 2.45) is 5.92 Å². The molecule has 2 aliphatic heterocycles. The molecule has 0 spiro atoms. The summed E-state index contributed by atoms with van der Waals surface area (Å²) in [5, 5.41) is 10.7. The third kappa shape index (κ3) is 3.91. The van der Waals surface area contributed by atoms with E-state index in [0.717, 1.165) is 31.2 Å². The molecule has 1 N–H and O–H groups in total. The molecule has 0 aromatic carbocycles. The summed E-state index contributed by atoms with van der Waals surface area (Å²) in [5.74, 6) is 2.00. The molecule has 3 fully saturated rings. The first-order valence-corrected chi connectivity index (χ1v) is 10.4. The van der Waals surface area contributed by atoms with Crippen molar-refractivity contribution in [1.29, 1.82) is 0 Å². The van der Waals surface area contributed by atoms with Gasteiger partial charge in [0.2, 0.25) is 0 Å². The predicted octanol–water partition coefficient (Wildman–Crippen LogP) is 3.73. The van der Waals surface area contributed by atoms with Gasteiger partial charge in [0.25, 0.3) is 0 Å². The van der Waals surface area contributed by atoms with Gasteiger partial charge in [-0.2, -0.15) is 0 Å². The molecule has 2 saturated heterocycles. The third-order valence-electron chi connectivity index (χ3n) is 7.28. The largest absolute Gasteiger partial charge is 0.489 e. The molecule has 2 atom stereocenters. The van der Waals surface area contributed by atoms with Gasteiger partial charge in [-0.1, -0.05) is 18.8 Å². The van der Waals surface area contributed by atoms with Crippen LogP contribution < -0.4 is 0 Å². The molecule has 152 valence electrons. The van der Waals surface area contributed by atoms with Crippen molar-refractivity contribution < 1.29 is 23.7 Å². The van der Waals surface area contributed by atoms with Gasteiger partial charge in [-0.25, -0.2) is 0 Å². The minimum absolute atomic E-state index is 0.00692. The Labute approximate surface area is 165 Å². The van der Waals surface area contributed by atoms with Gasteiger partial charge in [0, 0.05) is 5.92 Å². The Balaban J connectivity index is 1.92. The highest BCUT2D eigenvalue weighted by molar-refractivity contribution is 6.60. The van der Waals surface area contributed by atoms with Crippen LogP contribution in [0.5, 0.6) is 0 Å². The lowest BCUT2D eigenvalue weighted by Gasteiger charge is -2.32. The highest BCUT2D eigenvalue weighted by Gasteiger charge is 2.55. The van der Waals surface area contributed by atoms with E-state index in [1.807, 2.05) is 33.7 Å². The first-order valence-electron chi connectivity index (χ1n) is 10.4. The average Bonchev–Trinajstić information content (AvgIpc) is 2.85. The Morgan fingerprint density at radius 3 is 1.70 bits per heavy atom. The van der Waals surface area contributed by atoms with Crippen LogP contribution in [0.2, 0.25) is 0 Å². The lowest BCUT2D eigenvalue weighted by atomic mass is 9.62. The summed E-state index contributed by atoms with van der Waals surface area (Å²) < 4.78 is 25.0. The fourth-order valence-corrected chi connectivity index (χ4v) is 3.97. The maximum atomic E-state index is 10.7. The topological polar surface area (TPSA) is 57.2 Å². The summed E-state index contributed by atoms with van der Waals surface area (Å²) in [4.78, 5) is 0. The fraction of sp³-hybridized carbons (Fsp3) is 0.900. The standard InChI is InChI=1S/C20H36B2O5/c1-17(2)18(3,4)25-21(24-17)13-15(14-11-9-10-12-16(14)23)22-26-19(5,6)20(7,8)27-22/h13-14,16,23H,9-12H2,1-8H3/b15-13-. The average molecular weight is 378 g/mol. The van der Waals surface area contributed by atoms with E-state index in [1.54, 1.807) is 0 Å². The summed E-state index contributed by atoms with van der Waals surface area (Å²) in [6, 6.07) is 0. The summed E-state index contributed by atoms with van der Waals surface area (Å²) in [7, 11) is -0.968. The maximum absolute atomic E-state index is 10.7. The molecular weight excluding hydrogens is 342 g/mol. The van der Waals surface area contributed by atoms with Gasteiger partial charge < -0.3 is 23.7 Å². The van der Waals surface area contributed by atoms with E-state index in [9.17, 15) is 5.11 Å². The van der Waals surface area contributed by atoms with E-state index in [2.05, 4.69) is 27.7 Å². The molecule has 2 heterocycles. The van der Waals surface area contributed by atoms with Crippen LogP contribution in [0.3, 0.4) is 0 Å². The van der Waals surface area contributed by atoms with Crippen LogP contribution in [-0.4, -0.2) is 47.9 Å². The van der Waals surface area contributed by atoms with Gasteiger partial charge in [-0.05, 0) is 73.7 Å². The Hall–Kier alpha value is -0.330. The lowest BCUT2D eigenvalue weighted by molar-refractivity contribution is 0.00578. The summed E-state index contributed by atoms with van der Waals surface area (Å²) >= 11 is 0. The van der Waals surface area contributed by atoms with E-state index < -0.39 is 36.6 Å². The normalized spacial score (nSPS) is 34.9. The van der Waals surface area contributed by atoms with Crippen molar-refractivity contribution in [3.63, 3.8) is 0 Å². The molecule has 0 aromatic rings. The monoisotopic (exact) mass is 378 g/mol. The molecule has 5 nitrogen and oxygen atoms in total. The zero-order valence-electron chi connectivity index (χ0n) is 18.3. The first kappa shape index (κ1) is 21.4. The fourth-order valence-electron chi connectivity index (χ4n) is 3.97. The van der Waals surface area contributed by atoms with Crippen LogP contribution in [0.1, 0.15) is 81.1 Å². The molecule has 27 heavy (non-hydrogen) atoms. The predicted molar refractivity (Wildman–Crippen MR) is 108 cm³/mol. The molecule has 3 rings (SSSR count). The van der Waals surface area contributed by atoms with Gasteiger partial charge in [0.15, 0.2) is 0 Å². The van der Waals surface area contributed by atoms with Crippen molar-refractivity contribution >= 4 is 14.2 Å². The van der Waals surface area contributed by atoms with Crippen molar-refractivity contribution in [2.45, 2.75) is 110 Å². The first-order chi connectivity index (χ1) is 12.3. The molecule has 1 saturated carbocycles. The molecule has 0 radical (unpaired) electrons. The number of hydrogen-bond acceptors (Lipinski definition) is 5. The number of hydrogen-bond donors (Lipinski definition) is 1. The number of aliphatic hydroxyl groups excluding tert-OH is 1. The SMILES string of the molecule is CC1(C)OB(/C=C(\B2OC(C)(C)C(C)(C)O2)C2CCCCC2O)OC1(C)C. The second-order valence-corrected chi connectivity index (χ2v) is 10.3. The minimum Gasteiger partial charge on any atom is -0.400 e. The molecular formula is C20H36B2O5. The quantitative estimate of drug-likeness (QED) is 0.759. The Morgan fingerprint density at radius 2 is 1.22 bits per heavy atom. The minimum atomic E-state index is -0.494. The Morgan fingerprint density at radius 1 is 0.778 bits per heavy atom. The molecule has 7 heteroatoms. The van der Waals surface area contributed by atoms with Crippen molar-refractivity contribution in [3.05, 3.63) is 11.4 Å². The second-order valence-electron chi connectivity index (χ2n) is 10.3. The van der Waals surface area contributed by atoms with Gasteiger partial charge in [-0.15, -0.1) is 0 Å². The van der Waals surface area contributed by atoms with Crippen LogP contribution in [-0.2, 0) is 18.6 Å². The molecule has 0 bridgehead atoms. The van der Waals surface area contributed by atoms with Crippen LogP contribution >= 0.6 is 0 Å². The number of aliphatic hydroxyl groups is 1. The summed E-state index contributed by atoms with van der Waals surface area (Å²) in [6.45, 7) is 16.4. The van der Waals surface area contributed by atoms with Crippen LogP contribution in [0.25, 0.3) is 0 Å². The van der Waals surface area contributed by atoms with Gasteiger partial charge in [-0.3, -0.25) is 0 Å². The molecule has 0 amide bonds. The van der Waals surface area contributed by atoms with Gasteiger partial charge in [0.05, 0.1) is 28.5 Å². The van der Waals surface area contributed by atoms with Crippen molar-refractivity contribution in [2.75, 3.05) is 0 Å². The highest BCUT2D eigenvalue weighted by Crippen LogP contribution is 2.43. The summed E-state index contributed by atoms with van der Waals surface area (Å²) in [6.07, 6.45) is 3.51. The van der Waals surface area contributed by atoms with Crippen LogP contribution in [0, 0.1) is 5.92 Å². The Kier molecular flexibility index (Phi) is 5.44. The van der Waals surface area contributed by atoms with E-state index in [4.69, 9.17) is 18.6 Å². The smallest absolute Gasteiger partial charge is 0.400 e. The second kappa shape index (κ2) is 6.87. The zero-order valence-corrected chi connectivity index (χ0v) is 18.3. The van der Waals surface area contributed by atoms with E-state index in [0.29, 0.717) is 0 Å². The number of rotatable bonds is 3. The molecule has 2 unspecified atom stereocenters. The van der Waals surface area contributed by atoms with E-state index in [-0.39, 0.29) is 12.0 Å². The molecule has 3 aliphatic rings. The Bertz CT molecular complexity index is 567. The van der Waals surface area contributed by atoms with Crippen molar-refractivity contribution in [1.82, 2.24) is 0 Å². The van der Waals surface area contributed by atoms with Crippen LogP contribution in [0.15, 0.2) is 11.4 Å². The van der Waals surface area contributed by atoms with Gasteiger partial charge >= 0.3 is 14.2 Å². The zero-order chi connectivity index (χ0) is 20.3. The van der Waals surface area contributed by atoms with Crippen molar-refractivity contribution in [3.8, 4) is 0 Å². The molecule has 1 aliphatic carbocycles. The summed E-state index contributed by atoms with van der Waals surface area (Å²) in [5.41, 5.74) is -0.696.